The average Bonchev–Trinajstić information content (AvgIpc) is 3.32. The summed E-state index contributed by atoms with van der Waals surface area (Å²) in [4.78, 5) is 42.6. The highest BCUT2D eigenvalue weighted by atomic mass is 16.5. The third-order valence-electron chi connectivity index (χ3n) is 6.54. The number of fused-ring (bicyclic) bond motifs is 1. The lowest BCUT2D eigenvalue weighted by Gasteiger charge is -2.38. The average molecular weight is 436 g/mol. The molecule has 7 heteroatoms. The highest BCUT2D eigenvalue weighted by molar-refractivity contribution is 5.91. The molecular weight excluding hydrogens is 394 g/mol. The van der Waals surface area contributed by atoms with Gasteiger partial charge in [0.05, 0.1) is 18.7 Å². The topological polar surface area (TPSA) is 79.0 Å². The summed E-state index contributed by atoms with van der Waals surface area (Å²) in [7, 11) is 3.72. The van der Waals surface area contributed by atoms with Gasteiger partial charge in [-0.15, -0.1) is 0 Å². The van der Waals surface area contributed by atoms with Crippen LogP contribution in [0, 0.1) is 23.2 Å². The normalized spacial score (nSPS) is 25.6. The van der Waals surface area contributed by atoms with Crippen LogP contribution in [0.15, 0.2) is 11.6 Å². The third-order valence-corrected chi connectivity index (χ3v) is 6.54. The molecule has 5 atom stereocenters. The number of hydrogen-bond acceptors (Lipinski definition) is 5. The Balaban J connectivity index is 2.21. The first kappa shape index (κ1) is 25.4. The van der Waals surface area contributed by atoms with E-state index in [1.807, 2.05) is 41.7 Å². The molecule has 1 heterocycles. The van der Waals surface area contributed by atoms with Gasteiger partial charge in [0.2, 0.25) is 11.8 Å². The Hall–Kier alpha value is -1.89. The molecule has 0 radical (unpaired) electrons. The van der Waals surface area contributed by atoms with Crippen LogP contribution in [-0.4, -0.2) is 73.0 Å². The summed E-state index contributed by atoms with van der Waals surface area (Å²) >= 11 is 0. The van der Waals surface area contributed by atoms with Gasteiger partial charge in [0, 0.05) is 19.2 Å². The minimum Gasteiger partial charge on any atom is -0.463 e. The van der Waals surface area contributed by atoms with Crippen LogP contribution in [0.25, 0.3) is 0 Å². The smallest absolute Gasteiger partial charge is 0.333 e. The molecule has 1 saturated carbocycles. The highest BCUT2D eigenvalue weighted by Crippen LogP contribution is 2.49. The second-order valence-electron chi connectivity index (χ2n) is 10.6. The Labute approximate surface area is 187 Å². The van der Waals surface area contributed by atoms with Crippen molar-refractivity contribution < 1.29 is 19.1 Å². The Kier molecular flexibility index (Phi) is 7.95. The number of piperidine rings is 1. The molecule has 7 nitrogen and oxygen atoms in total. The van der Waals surface area contributed by atoms with Gasteiger partial charge in [-0.25, -0.2) is 4.79 Å². The highest BCUT2D eigenvalue weighted by Gasteiger charge is 2.54. The van der Waals surface area contributed by atoms with Crippen molar-refractivity contribution in [1.29, 1.82) is 0 Å². The number of carbonyl (C=O) groups excluding carboxylic acids is 3. The maximum absolute atomic E-state index is 13.6. The summed E-state index contributed by atoms with van der Waals surface area (Å²) in [6.07, 6.45) is 2.89. The molecule has 2 aliphatic rings. The summed E-state index contributed by atoms with van der Waals surface area (Å²) in [5, 5.41) is 3.07. The van der Waals surface area contributed by atoms with Crippen molar-refractivity contribution in [3.8, 4) is 0 Å². The van der Waals surface area contributed by atoms with Crippen LogP contribution in [0.4, 0.5) is 0 Å². The third kappa shape index (κ3) is 5.88. The summed E-state index contributed by atoms with van der Waals surface area (Å²) in [5.41, 5.74) is 0.0200. The molecule has 0 aromatic rings. The predicted molar refractivity (Wildman–Crippen MR) is 121 cm³/mol. The molecule has 1 N–H and O–H groups in total. The van der Waals surface area contributed by atoms with Crippen molar-refractivity contribution in [3.63, 3.8) is 0 Å². The van der Waals surface area contributed by atoms with E-state index in [4.69, 9.17) is 4.74 Å². The van der Waals surface area contributed by atoms with Crippen LogP contribution in [0.2, 0.25) is 0 Å². The fraction of sp³-hybridized carbons (Fsp3) is 0.792. The summed E-state index contributed by atoms with van der Waals surface area (Å²) < 4.78 is 5.09. The van der Waals surface area contributed by atoms with Gasteiger partial charge in [-0.3, -0.25) is 14.5 Å². The van der Waals surface area contributed by atoms with Crippen molar-refractivity contribution in [2.45, 2.75) is 73.0 Å². The number of nitrogens with one attached hydrogen (secondary N) is 1. The summed E-state index contributed by atoms with van der Waals surface area (Å²) in [6, 6.07) is -1.10. The molecule has 1 aliphatic carbocycles. The molecule has 0 spiro atoms. The second kappa shape index (κ2) is 9.72. The molecule has 1 saturated heterocycles. The summed E-state index contributed by atoms with van der Waals surface area (Å²) in [5.74, 6) is 0.528. The number of ether oxygens (including phenoxy) is 1. The number of amides is 2. The Morgan fingerprint density at radius 3 is 2.32 bits per heavy atom. The molecule has 1 aliphatic heterocycles. The lowest BCUT2D eigenvalue weighted by Crippen LogP contribution is -2.59. The maximum atomic E-state index is 13.6. The van der Waals surface area contributed by atoms with Crippen molar-refractivity contribution in [2.24, 2.45) is 23.2 Å². The van der Waals surface area contributed by atoms with Gasteiger partial charge in [-0.2, -0.15) is 0 Å². The van der Waals surface area contributed by atoms with E-state index in [2.05, 4.69) is 10.2 Å². The van der Waals surface area contributed by atoms with Gasteiger partial charge in [-0.1, -0.05) is 40.7 Å². The van der Waals surface area contributed by atoms with E-state index in [1.54, 1.807) is 31.9 Å². The van der Waals surface area contributed by atoms with Crippen LogP contribution in [0.1, 0.15) is 54.9 Å². The fourth-order valence-corrected chi connectivity index (χ4v) is 4.62. The monoisotopic (exact) mass is 435 g/mol. The van der Waals surface area contributed by atoms with Crippen molar-refractivity contribution in [3.05, 3.63) is 11.6 Å². The van der Waals surface area contributed by atoms with Crippen molar-refractivity contribution in [2.75, 3.05) is 27.2 Å². The minimum absolute atomic E-state index is 0.0616. The van der Waals surface area contributed by atoms with E-state index in [0.29, 0.717) is 24.0 Å². The number of esters is 1. The lowest BCUT2D eigenvalue weighted by atomic mass is 9.84. The van der Waals surface area contributed by atoms with Gasteiger partial charge in [0.25, 0.3) is 0 Å². The minimum atomic E-state index is -0.659. The van der Waals surface area contributed by atoms with Gasteiger partial charge < -0.3 is 15.0 Å². The van der Waals surface area contributed by atoms with Crippen LogP contribution in [-0.2, 0) is 19.1 Å². The van der Waals surface area contributed by atoms with Crippen LogP contribution >= 0.6 is 0 Å². The van der Waals surface area contributed by atoms with E-state index in [-0.39, 0.29) is 35.8 Å². The number of rotatable bonds is 8. The molecule has 0 aromatic carbocycles. The second-order valence-corrected chi connectivity index (χ2v) is 10.6. The number of nitrogens with zero attached hydrogens (tertiary/aromatic N) is 2. The van der Waals surface area contributed by atoms with E-state index in [0.717, 1.165) is 13.0 Å². The van der Waals surface area contributed by atoms with Crippen LogP contribution in [0.3, 0.4) is 0 Å². The molecular formula is C24H41N3O4. The standard InChI is InChI=1S/C24H41N3O4/c1-10-31-23(30)15(4)11-18(14(2)3)27(9)22(29)20(24(5,6)7)25-21(28)19-17-12-16(17)13-26(19)8/h11,14,16-20H,10,12-13H2,1-9H3,(H,25,28)/t16-,17-,18-,19-,20-/m1/s1. The molecule has 2 rings (SSSR count). The number of carbonyl (C=O) groups is 3. The Morgan fingerprint density at radius 1 is 1.26 bits per heavy atom. The summed E-state index contributed by atoms with van der Waals surface area (Å²) in [6.45, 7) is 14.6. The molecule has 2 amide bonds. The Bertz CT molecular complexity index is 723. The van der Waals surface area contributed by atoms with Gasteiger partial charge >= 0.3 is 5.97 Å². The quantitative estimate of drug-likeness (QED) is 0.468. The number of hydrogen-bond donors (Lipinski definition) is 1. The first-order chi connectivity index (χ1) is 14.3. The van der Waals surface area contributed by atoms with Crippen LogP contribution in [0.5, 0.6) is 0 Å². The van der Waals surface area contributed by atoms with E-state index < -0.39 is 11.5 Å². The predicted octanol–water partition coefficient (Wildman–Crippen LogP) is 2.46. The Morgan fingerprint density at radius 2 is 1.87 bits per heavy atom. The van der Waals surface area contributed by atoms with E-state index in [1.165, 1.54) is 0 Å². The zero-order valence-corrected chi connectivity index (χ0v) is 20.7. The number of likely N-dealkylation sites (tertiary alicyclic amines) is 1. The maximum Gasteiger partial charge on any atom is 0.333 e. The largest absolute Gasteiger partial charge is 0.463 e. The molecule has 0 bridgehead atoms. The molecule has 31 heavy (non-hydrogen) atoms. The molecule has 0 aromatic heterocycles. The number of likely N-dealkylation sites (N-methyl/N-ethyl adjacent to an activating group) is 2. The molecule has 2 fully saturated rings. The lowest BCUT2D eigenvalue weighted by molar-refractivity contribution is -0.141. The zero-order valence-electron chi connectivity index (χ0n) is 20.7. The van der Waals surface area contributed by atoms with Crippen molar-refractivity contribution >= 4 is 17.8 Å². The van der Waals surface area contributed by atoms with Crippen LogP contribution < -0.4 is 5.32 Å². The van der Waals surface area contributed by atoms with Gasteiger partial charge in [0.1, 0.15) is 6.04 Å². The van der Waals surface area contributed by atoms with Crippen molar-refractivity contribution in [1.82, 2.24) is 15.1 Å². The molecule has 0 unspecified atom stereocenters. The van der Waals surface area contributed by atoms with Gasteiger partial charge in [-0.05, 0) is 50.5 Å². The molecule has 176 valence electrons. The fourth-order valence-electron chi connectivity index (χ4n) is 4.62. The van der Waals surface area contributed by atoms with E-state index >= 15 is 0 Å². The van der Waals surface area contributed by atoms with E-state index in [9.17, 15) is 14.4 Å². The first-order valence-corrected chi connectivity index (χ1v) is 11.4. The zero-order chi connectivity index (χ0) is 23.7. The first-order valence-electron chi connectivity index (χ1n) is 11.4. The van der Waals surface area contributed by atoms with Gasteiger partial charge in [0.15, 0.2) is 0 Å². The SMILES string of the molecule is CCOC(=O)C(C)=C[C@H](C(C)C)N(C)C(=O)[C@@H](NC(=O)[C@H]1[C@@H]2C[C@@H]2CN1C)C(C)(C)C.